The molecule has 0 radical (unpaired) electrons. The molecule has 50 heavy (non-hydrogen) atoms. The third-order valence-electron chi connectivity index (χ3n) is 10.8. The number of allylic oxidation sites excluding steroid dienone is 2. The van der Waals surface area contributed by atoms with Crippen molar-refractivity contribution in [1.29, 1.82) is 0 Å². The van der Waals surface area contributed by atoms with Crippen LogP contribution in [-0.4, -0.2) is 53.1 Å². The zero-order chi connectivity index (χ0) is 35.0. The molecule has 9 rings (SSSR count). The van der Waals surface area contributed by atoms with Crippen LogP contribution in [0.25, 0.3) is 32.7 Å². The molecule has 2 saturated carbocycles. The fourth-order valence-corrected chi connectivity index (χ4v) is 9.57. The molecule has 0 aromatic heterocycles. The number of carbonyl (C=O) groups is 1. The fourth-order valence-electron chi connectivity index (χ4n) is 8.61. The van der Waals surface area contributed by atoms with Crippen LogP contribution in [0.1, 0.15) is 63.4 Å². The Balaban J connectivity index is 0.000000859. The molecule has 14 heteroatoms. The number of carbonyl (C=O) groups excluding carboxylic acids is 1. The number of ketones is 1. The second kappa shape index (κ2) is 11.6. The van der Waals surface area contributed by atoms with Gasteiger partial charge in [-0.15, -0.1) is 12.6 Å². The van der Waals surface area contributed by atoms with Crippen molar-refractivity contribution >= 4 is 76.3 Å². The quantitative estimate of drug-likeness (QED) is 0.180. The summed E-state index contributed by atoms with van der Waals surface area (Å²) in [6, 6.07) is 19.7. The highest BCUT2D eigenvalue weighted by Crippen LogP contribution is 2.49. The number of aliphatic hydroxyl groups excluding tert-OH is 1. The minimum atomic E-state index is -4.24. The van der Waals surface area contributed by atoms with Crippen molar-refractivity contribution in [3.8, 4) is 0 Å². The van der Waals surface area contributed by atoms with Gasteiger partial charge in [0.25, 0.3) is 10.1 Å². The summed E-state index contributed by atoms with van der Waals surface area (Å²) in [5.74, 6) is -0.314. The van der Waals surface area contributed by atoms with Crippen molar-refractivity contribution < 1.29 is 35.5 Å². The largest absolute Gasteiger partial charge is 0.506 e. The van der Waals surface area contributed by atoms with E-state index >= 15 is 0 Å². The lowest BCUT2D eigenvalue weighted by Gasteiger charge is -2.46. The van der Waals surface area contributed by atoms with Crippen LogP contribution in [-0.2, 0) is 25.5 Å². The third kappa shape index (κ3) is 5.24. The molecule has 2 spiro atoms. The lowest BCUT2D eigenvalue weighted by molar-refractivity contribution is -0.109. The predicted octanol–water partition coefficient (Wildman–Crippen LogP) is 4.76. The summed E-state index contributed by atoms with van der Waals surface area (Å²) >= 11 is 0. The van der Waals surface area contributed by atoms with E-state index in [4.69, 9.17) is 17.6 Å². The van der Waals surface area contributed by atoms with Gasteiger partial charge in [-0.3, -0.25) is 14.3 Å². The van der Waals surface area contributed by atoms with Crippen LogP contribution in [0, 0.1) is 0 Å². The van der Waals surface area contributed by atoms with Crippen molar-refractivity contribution in [1.82, 2.24) is 0 Å². The van der Waals surface area contributed by atoms with Gasteiger partial charge in [0.05, 0.1) is 27.4 Å². The summed E-state index contributed by atoms with van der Waals surface area (Å²) < 4.78 is 59.7. The SMILES string of the molecule is O=C1C(c2ccc3cccc4c3c2NC2(CCCC(S(=O)(=O)O)C2)N4)=C(O)C1=c1ccc2cccc3c2c1=NC1(CCCCC1)N3.O=S(=O)=O. The molecule has 2 fully saturated rings. The molecule has 4 aromatic carbocycles. The zero-order valence-corrected chi connectivity index (χ0v) is 28.5. The van der Waals surface area contributed by atoms with Crippen LogP contribution in [0.2, 0.25) is 0 Å². The Hall–Kier alpha value is -4.79. The highest BCUT2D eigenvalue weighted by Gasteiger charge is 2.45. The van der Waals surface area contributed by atoms with Crippen molar-refractivity contribution in [2.24, 2.45) is 4.99 Å². The van der Waals surface area contributed by atoms with Gasteiger partial charge in [-0.25, -0.2) is 0 Å². The summed E-state index contributed by atoms with van der Waals surface area (Å²) in [6.07, 6.45) is 6.92. The first kappa shape index (κ1) is 32.4. The summed E-state index contributed by atoms with van der Waals surface area (Å²) in [4.78, 5) is 19.5. The van der Waals surface area contributed by atoms with Gasteiger partial charge in [-0.05, 0) is 67.9 Å². The number of hydrogen-bond donors (Lipinski definition) is 5. The molecular weight excluding hydrogens is 681 g/mol. The molecule has 0 amide bonds. The summed E-state index contributed by atoms with van der Waals surface area (Å²) in [5, 5.41) is 26.9. The van der Waals surface area contributed by atoms with Crippen LogP contribution in [0.15, 0.2) is 71.4 Å². The minimum absolute atomic E-state index is 0.0635. The third-order valence-corrected chi connectivity index (χ3v) is 12.0. The Kier molecular flexibility index (Phi) is 7.55. The van der Waals surface area contributed by atoms with Crippen molar-refractivity contribution in [3.63, 3.8) is 0 Å². The van der Waals surface area contributed by atoms with Crippen molar-refractivity contribution in [3.05, 3.63) is 82.6 Å². The summed E-state index contributed by atoms with van der Waals surface area (Å²) in [7, 11) is -7.35. The Morgan fingerprint density at radius 2 is 1.44 bits per heavy atom. The Bertz CT molecular complexity index is 2540. The van der Waals surface area contributed by atoms with E-state index in [0.29, 0.717) is 35.7 Å². The second-order valence-corrected chi connectivity index (χ2v) is 15.9. The van der Waals surface area contributed by atoms with Crippen LogP contribution in [0.5, 0.6) is 0 Å². The molecule has 2 heterocycles. The van der Waals surface area contributed by atoms with E-state index in [2.05, 4.69) is 22.0 Å². The Labute approximate surface area is 288 Å². The first-order valence-corrected chi connectivity index (χ1v) is 19.2. The van der Waals surface area contributed by atoms with E-state index in [0.717, 1.165) is 64.0 Å². The predicted molar refractivity (Wildman–Crippen MR) is 190 cm³/mol. The number of Topliss-reactive ketones (excluding diaryl/α,β-unsaturated/α-hetero) is 1. The first-order valence-electron chi connectivity index (χ1n) is 16.7. The molecule has 5 N–H and O–H groups in total. The van der Waals surface area contributed by atoms with Crippen LogP contribution < -0.4 is 26.5 Å². The highest BCUT2D eigenvalue weighted by atomic mass is 32.2. The Morgan fingerprint density at radius 3 is 2.12 bits per heavy atom. The Morgan fingerprint density at radius 1 is 0.780 bits per heavy atom. The van der Waals surface area contributed by atoms with Gasteiger partial charge in [-0.2, -0.15) is 8.42 Å². The number of benzene rings is 4. The minimum Gasteiger partial charge on any atom is -0.506 e. The second-order valence-electron chi connectivity index (χ2n) is 13.8. The number of nitrogens with zero attached hydrogens (tertiary/aromatic N) is 1. The molecular formula is C36H34N4O8S2. The molecule has 4 aromatic rings. The fraction of sp³-hybridized carbons (Fsp3) is 0.333. The maximum absolute atomic E-state index is 14.2. The number of anilines is 3. The molecule has 2 unspecified atom stereocenters. The smallest absolute Gasteiger partial charge is 0.425 e. The van der Waals surface area contributed by atoms with Gasteiger partial charge >= 0.3 is 10.6 Å². The number of aliphatic hydroxyl groups is 1. The average molecular weight is 715 g/mol. The lowest BCUT2D eigenvalue weighted by Crippen LogP contribution is -2.53. The highest BCUT2D eigenvalue weighted by molar-refractivity contribution is 7.86. The van der Waals surface area contributed by atoms with Gasteiger partial charge in [0, 0.05) is 39.4 Å². The van der Waals surface area contributed by atoms with E-state index in [1.165, 1.54) is 6.42 Å². The molecule has 0 bridgehead atoms. The topological polar surface area (TPSA) is 191 Å². The molecule has 0 saturated heterocycles. The van der Waals surface area contributed by atoms with E-state index in [1.54, 1.807) is 0 Å². The van der Waals surface area contributed by atoms with E-state index < -0.39 is 37.3 Å². The van der Waals surface area contributed by atoms with Crippen molar-refractivity contribution in [2.75, 3.05) is 16.0 Å². The maximum Gasteiger partial charge on any atom is 0.425 e. The normalized spacial score (nSPS) is 24.3. The number of nitrogens with one attached hydrogen (secondary N) is 3. The monoisotopic (exact) mass is 714 g/mol. The lowest BCUT2D eigenvalue weighted by atomic mass is 9.79. The van der Waals surface area contributed by atoms with E-state index in [9.17, 15) is 22.9 Å². The summed E-state index contributed by atoms with van der Waals surface area (Å²) in [6.45, 7) is 0. The maximum atomic E-state index is 14.2. The molecule has 5 aliphatic rings. The van der Waals surface area contributed by atoms with Gasteiger partial charge < -0.3 is 21.1 Å². The molecule has 2 aliphatic heterocycles. The van der Waals surface area contributed by atoms with Gasteiger partial charge in [0.1, 0.15) is 17.1 Å². The van der Waals surface area contributed by atoms with Gasteiger partial charge in [-0.1, -0.05) is 55.0 Å². The number of rotatable bonds is 2. The molecule has 12 nitrogen and oxygen atoms in total. The average Bonchev–Trinajstić information content (AvgIpc) is 3.07. The van der Waals surface area contributed by atoms with Crippen LogP contribution >= 0.6 is 0 Å². The standard InChI is InChI=1S/C36H34N4O5S.O3S/c41-33-29(23-14-12-20-7-4-10-25-27(20)31(23)39-35(37-25)16-2-1-3-17-35)34(42)30(33)24-15-13-21-8-5-11-26-28(21)32(24)40-36(38-26)18-6-9-22(19-36)46(43,44)45;1-4(2)3/h4-5,7-8,10-15,22,37-38,40-41H,1-3,6,9,16-19H2,(H,43,44,45);. The van der Waals surface area contributed by atoms with Crippen molar-refractivity contribution in [2.45, 2.75) is 74.4 Å². The van der Waals surface area contributed by atoms with Crippen LogP contribution in [0.4, 0.5) is 17.1 Å². The molecule has 258 valence electrons. The van der Waals surface area contributed by atoms with Crippen LogP contribution in [0.3, 0.4) is 0 Å². The van der Waals surface area contributed by atoms with E-state index in [1.807, 2.05) is 54.6 Å². The molecule has 3 aliphatic carbocycles. The molecule has 2 atom stereocenters. The van der Waals surface area contributed by atoms with E-state index in [-0.39, 0.29) is 29.1 Å². The summed E-state index contributed by atoms with van der Waals surface area (Å²) in [5.41, 5.74) is 2.30. The van der Waals surface area contributed by atoms with Gasteiger partial charge in [0.15, 0.2) is 0 Å². The zero-order valence-electron chi connectivity index (χ0n) is 26.8. The van der Waals surface area contributed by atoms with Gasteiger partial charge in [0.2, 0.25) is 5.78 Å². The number of hydrogen-bond acceptors (Lipinski definition) is 11. The first-order chi connectivity index (χ1) is 23.9.